The molecule has 4 heterocycles. The average Bonchev–Trinajstić information content (AvgIpc) is 3.61. The zero-order valence-electron chi connectivity index (χ0n) is 38.0. The molecule has 3 fully saturated rings. The van der Waals surface area contributed by atoms with Gasteiger partial charge in [0.1, 0.15) is 48.8 Å². The first-order valence-electron chi connectivity index (χ1n) is 22.0. The molecule has 0 aromatic carbocycles. The summed E-state index contributed by atoms with van der Waals surface area (Å²) in [5.74, 6) is -6.67. The number of hydrogen-bond acceptors (Lipinski definition) is 23. The van der Waals surface area contributed by atoms with E-state index in [9.17, 15) is 65.1 Å². The number of carbonyl (C=O) groups excluding carboxylic acids is 4. The highest BCUT2D eigenvalue weighted by Crippen LogP contribution is 2.43. The normalized spacial score (nSPS) is 39.3. The van der Waals surface area contributed by atoms with Gasteiger partial charge in [0.25, 0.3) is 0 Å². The van der Waals surface area contributed by atoms with Crippen molar-refractivity contribution in [3.05, 3.63) is 47.0 Å². The minimum Gasteiger partial charge on any atom is -0.468 e. The van der Waals surface area contributed by atoms with Crippen LogP contribution in [0.15, 0.2) is 47.0 Å². The summed E-state index contributed by atoms with van der Waals surface area (Å²) in [7, 11) is 2.28. The molecule has 9 N–H and O–H groups in total. The molecule has 378 valence electrons. The topological polar surface area (TPSA) is 343 Å². The number of rotatable bonds is 17. The Morgan fingerprint density at radius 1 is 0.687 bits per heavy atom. The van der Waals surface area contributed by atoms with Gasteiger partial charge in [-0.1, -0.05) is 26.0 Å². The van der Waals surface area contributed by atoms with E-state index in [0.717, 1.165) is 26.7 Å². The zero-order valence-corrected chi connectivity index (χ0v) is 38.0. The first-order valence-corrected chi connectivity index (χ1v) is 22.0. The van der Waals surface area contributed by atoms with Gasteiger partial charge in [0, 0.05) is 28.9 Å². The summed E-state index contributed by atoms with van der Waals surface area (Å²) in [4.78, 5) is 52.9. The van der Waals surface area contributed by atoms with E-state index in [1.165, 1.54) is 12.2 Å². The molecule has 23 heteroatoms. The first-order chi connectivity index (χ1) is 31.8. The van der Waals surface area contributed by atoms with Crippen molar-refractivity contribution in [3.63, 3.8) is 0 Å². The summed E-state index contributed by atoms with van der Waals surface area (Å²) >= 11 is 0. The lowest BCUT2D eigenvalue weighted by Gasteiger charge is -2.42. The highest BCUT2D eigenvalue weighted by molar-refractivity contribution is 5.91. The molecular weight excluding hydrogens is 896 g/mol. The number of allylic oxidation sites excluding steroid dienone is 2. The number of aliphatic hydroxyl groups is 9. The van der Waals surface area contributed by atoms with Gasteiger partial charge in [-0.25, -0.2) is 9.59 Å². The summed E-state index contributed by atoms with van der Waals surface area (Å²) in [6.45, 7) is 5.05. The third-order valence-electron chi connectivity index (χ3n) is 13.2. The molecule has 1 saturated carbocycles. The van der Waals surface area contributed by atoms with Gasteiger partial charge < -0.3 is 93.3 Å². The summed E-state index contributed by atoms with van der Waals surface area (Å²) in [6, 6.07) is 0. The zero-order chi connectivity index (χ0) is 49.4. The van der Waals surface area contributed by atoms with Crippen LogP contribution in [0.5, 0.6) is 0 Å². The van der Waals surface area contributed by atoms with Gasteiger partial charge in [0.2, 0.25) is 12.6 Å². The van der Waals surface area contributed by atoms with Crippen molar-refractivity contribution in [2.24, 2.45) is 35.5 Å². The number of hydrogen-bond donors (Lipinski definition) is 9. The molecule has 4 aliphatic heterocycles. The minimum absolute atomic E-state index is 0.0581. The Bertz CT molecular complexity index is 1840. The summed E-state index contributed by atoms with van der Waals surface area (Å²) in [6.07, 6.45) is -15.1. The molecular formula is C44H64O23. The van der Waals surface area contributed by atoms with Crippen LogP contribution in [-0.2, 0) is 66.5 Å². The monoisotopic (exact) mass is 960 g/mol. The summed E-state index contributed by atoms with van der Waals surface area (Å²) in [5, 5.41) is 92.2. The van der Waals surface area contributed by atoms with Crippen LogP contribution in [0.3, 0.4) is 0 Å². The number of esters is 4. The van der Waals surface area contributed by atoms with Gasteiger partial charge >= 0.3 is 23.9 Å². The fourth-order valence-corrected chi connectivity index (χ4v) is 9.11. The minimum atomic E-state index is -1.77. The van der Waals surface area contributed by atoms with Crippen LogP contribution in [0.25, 0.3) is 0 Å². The molecule has 5 aliphatic rings. The number of aliphatic hydroxyl groups excluding tert-OH is 9. The molecule has 5 rings (SSSR count). The fourth-order valence-electron chi connectivity index (χ4n) is 9.11. The maximum Gasteiger partial charge on any atom is 0.337 e. The molecule has 0 unspecified atom stereocenters. The van der Waals surface area contributed by atoms with Gasteiger partial charge in [0.05, 0.1) is 83.3 Å². The molecule has 1 aliphatic carbocycles. The molecule has 0 radical (unpaired) electrons. The second-order valence-electron chi connectivity index (χ2n) is 17.2. The number of methoxy groups -OCH3 is 2. The molecule has 67 heavy (non-hydrogen) atoms. The van der Waals surface area contributed by atoms with E-state index in [1.54, 1.807) is 27.7 Å². The predicted octanol–water partition coefficient (Wildman–Crippen LogP) is -2.29. The van der Waals surface area contributed by atoms with E-state index in [2.05, 4.69) is 0 Å². The van der Waals surface area contributed by atoms with Crippen LogP contribution in [0.2, 0.25) is 0 Å². The smallest absolute Gasteiger partial charge is 0.337 e. The van der Waals surface area contributed by atoms with Gasteiger partial charge in [-0.3, -0.25) is 9.59 Å². The lowest BCUT2D eigenvalue weighted by Crippen LogP contribution is -2.60. The van der Waals surface area contributed by atoms with Crippen molar-refractivity contribution in [3.8, 4) is 0 Å². The van der Waals surface area contributed by atoms with Crippen LogP contribution in [0.1, 0.15) is 47.0 Å². The number of ether oxygens (including phenoxy) is 10. The second-order valence-corrected chi connectivity index (χ2v) is 17.2. The van der Waals surface area contributed by atoms with Crippen molar-refractivity contribution in [1.82, 2.24) is 0 Å². The van der Waals surface area contributed by atoms with E-state index < -0.39 is 148 Å². The largest absolute Gasteiger partial charge is 0.468 e. The molecule has 19 atom stereocenters. The first kappa shape index (κ1) is 53.9. The van der Waals surface area contributed by atoms with Gasteiger partial charge in [-0.05, 0) is 38.0 Å². The summed E-state index contributed by atoms with van der Waals surface area (Å²) < 4.78 is 55.2. The highest BCUT2D eigenvalue weighted by atomic mass is 16.8. The van der Waals surface area contributed by atoms with Crippen LogP contribution < -0.4 is 0 Å². The third kappa shape index (κ3) is 12.0. The average molecular weight is 961 g/mol. The Morgan fingerprint density at radius 2 is 1.12 bits per heavy atom. The SMILES string of the molecule is C/C=C1/[C@H](O[C@@H]2O[C@H](CO)[C@@H](O)[C@H](O)[C@H]2O)OC=C(C(=O)OC)[C@H]1CC(=O)OC[C@@H]1[C@@H](C)[C@@H](O)C[C@H]1[C@@H](C)COC(=O)C[C@@H]1C(C(=O)OC)=CO[C@@H](O[C@@H]2O[C@H](CO)[C@@H](O)[C@H](O)[C@H]2O)/C1=C/C. The van der Waals surface area contributed by atoms with Crippen LogP contribution in [0.4, 0.5) is 0 Å². The summed E-state index contributed by atoms with van der Waals surface area (Å²) in [5.41, 5.74) is 0.334. The van der Waals surface area contributed by atoms with Crippen LogP contribution in [-0.4, -0.2) is 191 Å². The Hall–Kier alpha value is -4.08. The molecule has 0 bridgehead atoms. The third-order valence-corrected chi connectivity index (χ3v) is 13.2. The maximum absolute atomic E-state index is 13.6. The van der Waals surface area contributed by atoms with Crippen molar-refractivity contribution in [2.45, 2.75) is 127 Å². The molecule has 2 saturated heterocycles. The van der Waals surface area contributed by atoms with Crippen LogP contribution in [0, 0.1) is 35.5 Å². The Balaban J connectivity index is 1.22. The molecule has 0 aromatic heterocycles. The van der Waals surface area contributed by atoms with Gasteiger partial charge in [0.15, 0.2) is 12.6 Å². The van der Waals surface area contributed by atoms with E-state index in [-0.39, 0.29) is 59.7 Å². The maximum atomic E-state index is 13.6. The van der Waals surface area contributed by atoms with E-state index in [1.807, 2.05) is 0 Å². The standard InChI is InChI=1S/C44H64O23/c1-7-20-23(26(39(56)58-5)16-62-41(20)66-43-37(54)35(52)33(50)29(12-45)64-43)10-31(48)60-14-18(3)22-9-28(47)19(4)25(22)15-61-32(49)11-24-21(8-2)42(63-17-27(24)40(57)59-6)67-44-38(55)36(53)34(51)30(13-46)65-44/h7-8,16-19,22-25,28-30,33-38,41-47,50-55H,9-15H2,1-6H3/b20-7+,21-8+/t18-,19+,22-,23-,24-,25+,28-,29+,30+,33+,34+,35-,36-,37+,38+,41-,42-,43-,44-/m0/s1. The van der Waals surface area contributed by atoms with Crippen molar-refractivity contribution in [2.75, 3.05) is 40.6 Å². The Morgan fingerprint density at radius 3 is 1.52 bits per heavy atom. The molecule has 0 aromatic rings. The highest BCUT2D eigenvalue weighted by Gasteiger charge is 2.49. The van der Waals surface area contributed by atoms with Crippen molar-refractivity contribution < 1.29 is 113 Å². The predicted molar refractivity (Wildman–Crippen MR) is 221 cm³/mol. The molecule has 0 spiro atoms. The quantitative estimate of drug-likeness (QED) is 0.0421. The van der Waals surface area contributed by atoms with Gasteiger partial charge in [-0.2, -0.15) is 0 Å². The van der Waals surface area contributed by atoms with Crippen molar-refractivity contribution >= 4 is 23.9 Å². The lowest BCUT2D eigenvalue weighted by molar-refractivity contribution is -0.327. The number of carbonyl (C=O) groups is 4. The lowest BCUT2D eigenvalue weighted by atomic mass is 9.83. The molecule has 23 nitrogen and oxygen atoms in total. The van der Waals surface area contributed by atoms with E-state index in [0.29, 0.717) is 0 Å². The van der Waals surface area contributed by atoms with Gasteiger partial charge in [-0.15, -0.1) is 0 Å². The Kier molecular flexibility index (Phi) is 19.3. The van der Waals surface area contributed by atoms with Crippen molar-refractivity contribution in [1.29, 1.82) is 0 Å². The second kappa shape index (κ2) is 24.0. The fraction of sp³-hybridized carbons (Fsp3) is 0.727. The van der Waals surface area contributed by atoms with Crippen LogP contribution >= 0.6 is 0 Å². The van der Waals surface area contributed by atoms with E-state index >= 15 is 0 Å². The Labute approximate surface area is 386 Å². The molecule has 0 amide bonds. The van der Waals surface area contributed by atoms with E-state index in [4.69, 9.17) is 47.4 Å².